The van der Waals surface area contributed by atoms with Gasteiger partial charge in [-0.05, 0) is 24.1 Å². The molecular weight excluding hydrogens is 222 g/mol. The van der Waals surface area contributed by atoms with E-state index in [0.29, 0.717) is 17.5 Å². The molecule has 0 bridgehead atoms. The molecule has 1 aromatic carbocycles. The quantitative estimate of drug-likeness (QED) is 0.811. The van der Waals surface area contributed by atoms with E-state index in [2.05, 4.69) is 0 Å². The summed E-state index contributed by atoms with van der Waals surface area (Å²) in [5.41, 5.74) is 2.16. The van der Waals surface area contributed by atoms with Crippen LogP contribution >= 0.6 is 0 Å². The molecule has 0 saturated heterocycles. The second kappa shape index (κ2) is 4.29. The van der Waals surface area contributed by atoms with Gasteiger partial charge in [0.1, 0.15) is 0 Å². The SMILES string of the molecule is Cn1c(=O)oc2ccc(C/C=C/C(=O)O)cc21. The summed E-state index contributed by atoms with van der Waals surface area (Å²) in [5.74, 6) is -1.37. The molecule has 0 fully saturated rings. The van der Waals surface area contributed by atoms with Gasteiger partial charge in [0, 0.05) is 13.1 Å². The molecule has 0 spiro atoms. The van der Waals surface area contributed by atoms with E-state index in [-0.39, 0.29) is 0 Å². The Labute approximate surface area is 96.6 Å². The first-order valence-electron chi connectivity index (χ1n) is 5.06. The number of benzene rings is 1. The third kappa shape index (κ3) is 2.28. The van der Waals surface area contributed by atoms with E-state index in [9.17, 15) is 9.59 Å². The fourth-order valence-electron chi connectivity index (χ4n) is 1.60. The van der Waals surface area contributed by atoms with Crippen molar-refractivity contribution >= 4 is 17.1 Å². The topological polar surface area (TPSA) is 72.4 Å². The summed E-state index contributed by atoms with van der Waals surface area (Å²) in [7, 11) is 1.63. The largest absolute Gasteiger partial charge is 0.478 e. The molecule has 5 heteroatoms. The Hall–Kier alpha value is -2.30. The van der Waals surface area contributed by atoms with Gasteiger partial charge in [-0.15, -0.1) is 0 Å². The molecule has 0 aliphatic rings. The van der Waals surface area contributed by atoms with Crippen LogP contribution in [0, 0.1) is 0 Å². The Kier molecular flexibility index (Phi) is 2.82. The number of aromatic nitrogens is 1. The maximum atomic E-state index is 11.3. The van der Waals surface area contributed by atoms with E-state index in [1.165, 1.54) is 4.57 Å². The Morgan fingerprint density at radius 1 is 1.53 bits per heavy atom. The molecule has 88 valence electrons. The lowest BCUT2D eigenvalue weighted by Crippen LogP contribution is -2.08. The van der Waals surface area contributed by atoms with Crippen molar-refractivity contribution in [3.63, 3.8) is 0 Å². The zero-order valence-corrected chi connectivity index (χ0v) is 9.21. The summed E-state index contributed by atoms with van der Waals surface area (Å²) in [6.45, 7) is 0. The number of hydrogen-bond donors (Lipinski definition) is 1. The van der Waals surface area contributed by atoms with Gasteiger partial charge in [0.05, 0.1) is 5.52 Å². The van der Waals surface area contributed by atoms with Crippen molar-refractivity contribution in [2.24, 2.45) is 7.05 Å². The van der Waals surface area contributed by atoms with Crippen LogP contribution in [-0.2, 0) is 18.3 Å². The van der Waals surface area contributed by atoms with E-state index in [1.807, 2.05) is 6.07 Å². The predicted octanol–water partition coefficient (Wildman–Crippen LogP) is 1.31. The molecule has 0 aliphatic carbocycles. The first-order chi connectivity index (χ1) is 8.08. The maximum absolute atomic E-state index is 11.3. The molecule has 2 rings (SSSR count). The molecule has 0 atom stereocenters. The summed E-state index contributed by atoms with van der Waals surface area (Å²) in [5, 5.41) is 8.46. The highest BCUT2D eigenvalue weighted by molar-refractivity contribution is 5.79. The standard InChI is InChI=1S/C12H11NO4/c1-13-9-7-8(3-2-4-11(14)15)5-6-10(9)17-12(13)16/h2,4-7H,3H2,1H3,(H,14,15)/b4-2+. The number of carboxylic acid groups (broad SMARTS) is 1. The minimum Gasteiger partial charge on any atom is -0.478 e. The number of rotatable bonds is 3. The summed E-state index contributed by atoms with van der Waals surface area (Å²) in [6.07, 6.45) is 3.15. The fourth-order valence-corrected chi connectivity index (χ4v) is 1.60. The molecular formula is C12H11NO4. The molecule has 0 amide bonds. The number of carboxylic acids is 1. The number of oxazole rings is 1. The van der Waals surface area contributed by atoms with Crippen molar-refractivity contribution in [1.82, 2.24) is 4.57 Å². The lowest BCUT2D eigenvalue weighted by Gasteiger charge is -1.97. The third-order valence-corrected chi connectivity index (χ3v) is 2.47. The van der Waals surface area contributed by atoms with Crippen LogP contribution in [0.5, 0.6) is 0 Å². The zero-order valence-electron chi connectivity index (χ0n) is 9.21. The average molecular weight is 233 g/mol. The van der Waals surface area contributed by atoms with Gasteiger partial charge in [0.25, 0.3) is 0 Å². The van der Waals surface area contributed by atoms with Gasteiger partial charge in [-0.3, -0.25) is 4.57 Å². The van der Waals surface area contributed by atoms with Crippen LogP contribution in [0.25, 0.3) is 11.1 Å². The Morgan fingerprint density at radius 2 is 2.29 bits per heavy atom. The molecule has 0 aliphatic heterocycles. The van der Waals surface area contributed by atoms with E-state index < -0.39 is 11.7 Å². The molecule has 17 heavy (non-hydrogen) atoms. The number of hydrogen-bond acceptors (Lipinski definition) is 3. The number of aliphatic carboxylic acids is 1. The molecule has 0 saturated carbocycles. The molecule has 0 unspecified atom stereocenters. The van der Waals surface area contributed by atoms with Crippen LogP contribution in [0.1, 0.15) is 5.56 Å². The minimum absolute atomic E-state index is 0.404. The Balaban J connectivity index is 2.34. The van der Waals surface area contributed by atoms with E-state index >= 15 is 0 Å². The van der Waals surface area contributed by atoms with Crippen LogP contribution in [0.4, 0.5) is 0 Å². The lowest BCUT2D eigenvalue weighted by molar-refractivity contribution is -0.131. The number of fused-ring (bicyclic) bond motifs is 1. The molecule has 1 N–H and O–H groups in total. The van der Waals surface area contributed by atoms with Gasteiger partial charge in [0.15, 0.2) is 5.58 Å². The average Bonchev–Trinajstić information content (AvgIpc) is 2.55. The van der Waals surface area contributed by atoms with Gasteiger partial charge in [-0.2, -0.15) is 0 Å². The van der Waals surface area contributed by atoms with Gasteiger partial charge in [-0.1, -0.05) is 12.1 Å². The number of allylic oxidation sites excluding steroid dienone is 1. The van der Waals surface area contributed by atoms with Crippen molar-refractivity contribution in [3.05, 3.63) is 46.5 Å². The van der Waals surface area contributed by atoms with Gasteiger partial charge >= 0.3 is 11.7 Å². The Bertz CT molecular complexity index is 648. The van der Waals surface area contributed by atoms with Crippen molar-refractivity contribution in [2.45, 2.75) is 6.42 Å². The number of aryl methyl sites for hydroxylation is 1. The molecule has 1 heterocycles. The first kappa shape index (κ1) is 11.2. The highest BCUT2D eigenvalue weighted by atomic mass is 16.4. The lowest BCUT2D eigenvalue weighted by atomic mass is 10.1. The van der Waals surface area contributed by atoms with Gasteiger partial charge < -0.3 is 9.52 Å². The van der Waals surface area contributed by atoms with Crippen LogP contribution in [0.2, 0.25) is 0 Å². The van der Waals surface area contributed by atoms with Gasteiger partial charge in [0.2, 0.25) is 0 Å². The summed E-state index contributed by atoms with van der Waals surface area (Å²) in [4.78, 5) is 21.6. The number of nitrogens with zero attached hydrogens (tertiary/aromatic N) is 1. The van der Waals surface area contributed by atoms with E-state index in [0.717, 1.165) is 11.6 Å². The van der Waals surface area contributed by atoms with E-state index in [1.54, 1.807) is 25.3 Å². The minimum atomic E-state index is -0.971. The predicted molar refractivity (Wildman–Crippen MR) is 61.9 cm³/mol. The summed E-state index contributed by atoms with van der Waals surface area (Å²) < 4.78 is 6.41. The molecule has 1 aromatic heterocycles. The van der Waals surface area contributed by atoms with Crippen LogP contribution in [0.3, 0.4) is 0 Å². The van der Waals surface area contributed by atoms with Crippen molar-refractivity contribution in [2.75, 3.05) is 0 Å². The monoisotopic (exact) mass is 233 g/mol. The smallest absolute Gasteiger partial charge is 0.419 e. The van der Waals surface area contributed by atoms with Crippen LogP contribution in [0.15, 0.2) is 39.6 Å². The van der Waals surface area contributed by atoms with Gasteiger partial charge in [-0.25, -0.2) is 9.59 Å². The normalized spacial score (nSPS) is 11.4. The summed E-state index contributed by atoms with van der Waals surface area (Å²) >= 11 is 0. The van der Waals surface area contributed by atoms with Crippen molar-refractivity contribution < 1.29 is 14.3 Å². The third-order valence-electron chi connectivity index (χ3n) is 2.47. The van der Waals surface area contributed by atoms with Crippen molar-refractivity contribution in [3.8, 4) is 0 Å². The first-order valence-corrected chi connectivity index (χ1v) is 5.06. The maximum Gasteiger partial charge on any atom is 0.419 e. The highest BCUT2D eigenvalue weighted by Crippen LogP contribution is 2.14. The zero-order chi connectivity index (χ0) is 12.4. The molecule has 5 nitrogen and oxygen atoms in total. The van der Waals surface area contributed by atoms with Crippen LogP contribution < -0.4 is 5.76 Å². The highest BCUT2D eigenvalue weighted by Gasteiger charge is 2.05. The van der Waals surface area contributed by atoms with Crippen LogP contribution in [-0.4, -0.2) is 15.6 Å². The fraction of sp³-hybridized carbons (Fsp3) is 0.167. The molecule has 0 radical (unpaired) electrons. The number of carbonyl (C=O) groups is 1. The van der Waals surface area contributed by atoms with Crippen molar-refractivity contribution in [1.29, 1.82) is 0 Å². The second-order valence-electron chi connectivity index (χ2n) is 3.67. The molecule has 2 aromatic rings. The second-order valence-corrected chi connectivity index (χ2v) is 3.67. The van der Waals surface area contributed by atoms with E-state index in [4.69, 9.17) is 9.52 Å². The summed E-state index contributed by atoms with van der Waals surface area (Å²) in [6, 6.07) is 5.32. The Morgan fingerprint density at radius 3 is 3.00 bits per heavy atom.